The van der Waals surface area contributed by atoms with Crippen LogP contribution >= 0.6 is 12.4 Å². The molecule has 0 fully saturated rings. The Hall–Kier alpha value is -1.07. The van der Waals surface area contributed by atoms with Crippen LogP contribution in [0.15, 0.2) is 6.20 Å². The van der Waals surface area contributed by atoms with Gasteiger partial charge in [-0.05, 0) is 19.3 Å². The van der Waals surface area contributed by atoms with Crippen LogP contribution < -0.4 is 11.1 Å². The lowest BCUT2D eigenvalue weighted by Crippen LogP contribution is -2.37. The topological polar surface area (TPSA) is 72.9 Å². The molecule has 1 aromatic rings. The zero-order valence-corrected chi connectivity index (χ0v) is 11.7. The van der Waals surface area contributed by atoms with Gasteiger partial charge in [0.15, 0.2) is 0 Å². The minimum Gasteiger partial charge on any atom is -0.349 e. The molecule has 1 aromatic heterocycles. The fourth-order valence-electron chi connectivity index (χ4n) is 2.28. The van der Waals surface area contributed by atoms with E-state index in [1.54, 1.807) is 0 Å². The molecule has 0 aromatic carbocycles. The molecule has 0 saturated carbocycles. The minimum atomic E-state index is -0.128. The Balaban J connectivity index is 0.00000162. The van der Waals surface area contributed by atoms with Crippen LogP contribution in [0.1, 0.15) is 37.1 Å². The number of fused-ring (bicyclic) bond motifs is 1. The maximum absolute atomic E-state index is 11.8. The van der Waals surface area contributed by atoms with Gasteiger partial charge in [-0.3, -0.25) is 9.48 Å². The molecule has 2 rings (SSSR count). The number of aryl methyl sites for hydroxylation is 1. The Morgan fingerprint density at radius 2 is 2.44 bits per heavy atom. The van der Waals surface area contributed by atoms with Crippen molar-refractivity contribution in [3.8, 4) is 0 Å². The molecule has 5 nitrogen and oxygen atoms in total. The molecule has 1 amide bonds. The van der Waals surface area contributed by atoms with Crippen molar-refractivity contribution < 1.29 is 4.79 Å². The smallest absolute Gasteiger partial charge is 0.224 e. The molecule has 2 atom stereocenters. The third kappa shape index (κ3) is 2.84. The van der Waals surface area contributed by atoms with E-state index in [-0.39, 0.29) is 30.3 Å². The average molecular weight is 273 g/mol. The number of nitrogens with zero attached hydrogens (tertiary/aromatic N) is 2. The Labute approximate surface area is 114 Å². The molecule has 0 spiro atoms. The molecular formula is C12H21ClN4O. The molecule has 0 bridgehead atoms. The van der Waals surface area contributed by atoms with Gasteiger partial charge in [0.1, 0.15) is 0 Å². The number of halogens is 1. The van der Waals surface area contributed by atoms with E-state index < -0.39 is 0 Å². The van der Waals surface area contributed by atoms with Crippen molar-refractivity contribution in [1.29, 1.82) is 0 Å². The number of amides is 1. The summed E-state index contributed by atoms with van der Waals surface area (Å²) >= 11 is 0. The Morgan fingerprint density at radius 1 is 1.72 bits per heavy atom. The summed E-state index contributed by atoms with van der Waals surface area (Å²) in [6.07, 6.45) is 4.99. The highest BCUT2D eigenvalue weighted by atomic mass is 35.5. The lowest BCUT2D eigenvalue weighted by atomic mass is 9.92. The van der Waals surface area contributed by atoms with E-state index in [1.807, 2.05) is 24.9 Å². The molecule has 3 N–H and O–H groups in total. The van der Waals surface area contributed by atoms with E-state index in [4.69, 9.17) is 5.73 Å². The van der Waals surface area contributed by atoms with Crippen molar-refractivity contribution in [3.05, 3.63) is 17.5 Å². The van der Waals surface area contributed by atoms with Crippen molar-refractivity contribution >= 4 is 18.3 Å². The Kier molecular flexibility index (Phi) is 5.16. The third-order valence-corrected chi connectivity index (χ3v) is 3.49. The molecule has 18 heavy (non-hydrogen) atoms. The number of carbonyl (C=O) groups is 1. The van der Waals surface area contributed by atoms with Gasteiger partial charge in [0.05, 0.1) is 12.2 Å². The maximum atomic E-state index is 11.8. The van der Waals surface area contributed by atoms with Crippen molar-refractivity contribution in [2.45, 2.75) is 32.2 Å². The highest BCUT2D eigenvalue weighted by Crippen LogP contribution is 2.29. The summed E-state index contributed by atoms with van der Waals surface area (Å²) in [6.45, 7) is 2.24. The first-order valence-electron chi connectivity index (χ1n) is 6.14. The molecule has 0 radical (unpaired) electrons. The average Bonchev–Trinajstić information content (AvgIpc) is 2.71. The first-order chi connectivity index (χ1) is 8.13. The standard InChI is InChI=1S/C12H20N4O.ClH/c1-8(6-13)12(17)15-10-4-3-5-11-9(10)7-14-16(11)2;/h7-8,10H,3-6,13H2,1-2H3,(H,15,17);1H. The Morgan fingerprint density at radius 3 is 3.11 bits per heavy atom. The first kappa shape index (κ1) is 15.0. The maximum Gasteiger partial charge on any atom is 0.224 e. The van der Waals surface area contributed by atoms with Crippen LogP contribution in [0.3, 0.4) is 0 Å². The summed E-state index contributed by atoms with van der Waals surface area (Å²) < 4.78 is 1.90. The van der Waals surface area contributed by atoms with Gasteiger partial charge in [0.2, 0.25) is 5.91 Å². The molecule has 1 aliphatic carbocycles. The second kappa shape index (κ2) is 6.20. The van der Waals surface area contributed by atoms with E-state index in [0.29, 0.717) is 6.54 Å². The van der Waals surface area contributed by atoms with Crippen molar-refractivity contribution in [2.75, 3.05) is 6.54 Å². The van der Waals surface area contributed by atoms with Crippen LogP contribution in [0, 0.1) is 5.92 Å². The summed E-state index contributed by atoms with van der Waals surface area (Å²) in [6, 6.07) is 0.106. The number of carbonyl (C=O) groups excluding carboxylic acids is 1. The normalized spacial score (nSPS) is 19.6. The number of nitrogens with one attached hydrogen (secondary N) is 1. The number of rotatable bonds is 3. The fourth-order valence-corrected chi connectivity index (χ4v) is 2.28. The summed E-state index contributed by atoms with van der Waals surface area (Å²) in [5.41, 5.74) is 7.90. The zero-order valence-electron chi connectivity index (χ0n) is 10.8. The zero-order chi connectivity index (χ0) is 12.4. The largest absolute Gasteiger partial charge is 0.349 e. The van der Waals surface area contributed by atoms with Crippen LogP contribution in [0.2, 0.25) is 0 Å². The number of hydrogen-bond acceptors (Lipinski definition) is 3. The van der Waals surface area contributed by atoms with Gasteiger partial charge in [-0.2, -0.15) is 5.10 Å². The van der Waals surface area contributed by atoms with E-state index in [2.05, 4.69) is 10.4 Å². The highest BCUT2D eigenvalue weighted by Gasteiger charge is 2.25. The molecule has 6 heteroatoms. The van der Waals surface area contributed by atoms with Gasteiger partial charge in [-0.1, -0.05) is 6.92 Å². The Bertz CT molecular complexity index is 418. The predicted molar refractivity (Wildman–Crippen MR) is 72.5 cm³/mol. The molecule has 102 valence electrons. The molecule has 0 aliphatic heterocycles. The first-order valence-corrected chi connectivity index (χ1v) is 6.14. The van der Waals surface area contributed by atoms with Crippen LogP contribution in [-0.4, -0.2) is 22.2 Å². The number of hydrogen-bond donors (Lipinski definition) is 2. The van der Waals surface area contributed by atoms with E-state index in [1.165, 1.54) is 5.69 Å². The summed E-state index contributed by atoms with van der Waals surface area (Å²) in [5.74, 6) is -0.0914. The summed E-state index contributed by atoms with van der Waals surface area (Å²) in [7, 11) is 1.95. The van der Waals surface area contributed by atoms with Gasteiger partial charge in [0.25, 0.3) is 0 Å². The van der Waals surface area contributed by atoms with Gasteiger partial charge in [-0.15, -0.1) is 12.4 Å². The number of nitrogens with two attached hydrogens (primary N) is 1. The summed E-state index contributed by atoms with van der Waals surface area (Å²) in [5, 5.41) is 7.33. The van der Waals surface area contributed by atoms with E-state index >= 15 is 0 Å². The summed E-state index contributed by atoms with van der Waals surface area (Å²) in [4.78, 5) is 11.8. The quantitative estimate of drug-likeness (QED) is 0.860. The molecular weight excluding hydrogens is 252 g/mol. The van der Waals surface area contributed by atoms with Crippen molar-refractivity contribution in [1.82, 2.24) is 15.1 Å². The van der Waals surface area contributed by atoms with E-state index in [0.717, 1.165) is 24.8 Å². The molecule has 2 unspecified atom stereocenters. The fraction of sp³-hybridized carbons (Fsp3) is 0.667. The van der Waals surface area contributed by atoms with Crippen molar-refractivity contribution in [3.63, 3.8) is 0 Å². The van der Waals surface area contributed by atoms with Crippen LogP contribution in [0.25, 0.3) is 0 Å². The van der Waals surface area contributed by atoms with Gasteiger partial charge in [-0.25, -0.2) is 0 Å². The van der Waals surface area contributed by atoms with E-state index in [9.17, 15) is 4.79 Å². The molecule has 1 aliphatic rings. The third-order valence-electron chi connectivity index (χ3n) is 3.49. The number of aromatic nitrogens is 2. The van der Waals surface area contributed by atoms with Crippen LogP contribution in [0.4, 0.5) is 0 Å². The SMILES string of the molecule is CC(CN)C(=O)NC1CCCc2c1cnn2C.Cl. The lowest BCUT2D eigenvalue weighted by molar-refractivity contribution is -0.125. The highest BCUT2D eigenvalue weighted by molar-refractivity contribution is 5.85. The van der Waals surface area contributed by atoms with Gasteiger partial charge >= 0.3 is 0 Å². The van der Waals surface area contributed by atoms with Crippen LogP contribution in [-0.2, 0) is 18.3 Å². The van der Waals surface area contributed by atoms with Crippen molar-refractivity contribution in [2.24, 2.45) is 18.7 Å². The van der Waals surface area contributed by atoms with Gasteiger partial charge in [0, 0.05) is 30.8 Å². The monoisotopic (exact) mass is 272 g/mol. The minimum absolute atomic E-state index is 0. The molecule has 0 saturated heterocycles. The molecule has 1 heterocycles. The second-order valence-electron chi connectivity index (χ2n) is 4.76. The van der Waals surface area contributed by atoms with Crippen LogP contribution in [0.5, 0.6) is 0 Å². The second-order valence-corrected chi connectivity index (χ2v) is 4.76. The predicted octanol–water partition coefficient (Wildman–Crippen LogP) is 0.930. The van der Waals surface area contributed by atoms with Gasteiger partial charge < -0.3 is 11.1 Å². The lowest BCUT2D eigenvalue weighted by Gasteiger charge is -2.25.